The van der Waals surface area contributed by atoms with E-state index < -0.39 is 0 Å². The molecule has 5 heteroatoms. The first kappa shape index (κ1) is 15.1. The summed E-state index contributed by atoms with van der Waals surface area (Å²) in [7, 11) is 4.73. The Kier molecular flexibility index (Phi) is 5.01. The van der Waals surface area contributed by atoms with Crippen LogP contribution in [0, 0.1) is 0 Å². The van der Waals surface area contributed by atoms with Crippen molar-refractivity contribution in [3.63, 3.8) is 0 Å². The van der Waals surface area contributed by atoms with E-state index in [4.69, 9.17) is 14.2 Å². The van der Waals surface area contributed by atoms with Gasteiger partial charge in [-0.05, 0) is 30.5 Å². The second-order valence-electron chi connectivity index (χ2n) is 4.78. The van der Waals surface area contributed by atoms with E-state index in [1.54, 1.807) is 27.4 Å². The van der Waals surface area contributed by atoms with Crippen LogP contribution in [-0.4, -0.2) is 33.5 Å². The molecule has 0 saturated heterocycles. The zero-order chi connectivity index (χ0) is 15.2. The third-order valence-corrected chi connectivity index (χ3v) is 3.68. The Bertz CT molecular complexity index is 551. The molecule has 0 radical (unpaired) electrons. The summed E-state index contributed by atoms with van der Waals surface area (Å²) in [5.41, 5.74) is 0.976. The van der Waals surface area contributed by atoms with E-state index >= 15 is 0 Å². The predicted octanol–water partition coefficient (Wildman–Crippen LogP) is 2.85. The molecule has 0 aliphatic heterocycles. The summed E-state index contributed by atoms with van der Waals surface area (Å²) in [4.78, 5) is 14.5. The van der Waals surface area contributed by atoms with E-state index in [9.17, 15) is 4.79 Å². The number of carbonyl (C=O) groups excluding carboxylic acids is 1. The molecule has 112 valence electrons. The van der Waals surface area contributed by atoms with E-state index in [1.807, 2.05) is 12.1 Å². The Morgan fingerprint density at radius 3 is 2.33 bits per heavy atom. The van der Waals surface area contributed by atoms with E-state index in [-0.39, 0.29) is 12.0 Å². The van der Waals surface area contributed by atoms with Crippen LogP contribution in [0.2, 0.25) is 0 Å². The number of rotatable bonds is 5. The molecule has 0 saturated carbocycles. The van der Waals surface area contributed by atoms with Crippen LogP contribution in [0.25, 0.3) is 0 Å². The third kappa shape index (κ3) is 3.09. The number of benzene rings is 1. The average Bonchev–Trinajstić information content (AvgIpc) is 2.54. The molecule has 0 heterocycles. The van der Waals surface area contributed by atoms with Gasteiger partial charge in [0.2, 0.25) is 11.8 Å². The molecule has 1 aliphatic rings. The van der Waals surface area contributed by atoms with Crippen molar-refractivity contribution in [1.29, 1.82) is 0 Å². The van der Waals surface area contributed by atoms with Crippen LogP contribution in [0.5, 0.6) is 17.2 Å². The number of isocyanates is 1. The molecular formula is C16H19NO4. The maximum Gasteiger partial charge on any atom is 0.235 e. The Morgan fingerprint density at radius 2 is 1.81 bits per heavy atom. The van der Waals surface area contributed by atoms with Gasteiger partial charge >= 0.3 is 0 Å². The number of methoxy groups -OCH3 is 3. The van der Waals surface area contributed by atoms with Gasteiger partial charge in [0.05, 0.1) is 27.4 Å². The summed E-state index contributed by atoms with van der Waals surface area (Å²) < 4.78 is 16.1. The molecule has 1 aromatic carbocycles. The zero-order valence-corrected chi connectivity index (χ0v) is 12.5. The lowest BCUT2D eigenvalue weighted by molar-refractivity contribution is 0.323. The lowest BCUT2D eigenvalue weighted by Gasteiger charge is -2.25. The number of hydrogen-bond acceptors (Lipinski definition) is 5. The topological polar surface area (TPSA) is 57.1 Å². The van der Waals surface area contributed by atoms with E-state index in [0.29, 0.717) is 17.2 Å². The SMILES string of the molecule is COc1cc([C@@H]2C=CCC[C@H]2N=C=O)cc(OC)c1OC. The first-order valence-corrected chi connectivity index (χ1v) is 6.78. The van der Waals surface area contributed by atoms with Crippen molar-refractivity contribution < 1.29 is 19.0 Å². The Labute approximate surface area is 124 Å². The number of hydrogen-bond donors (Lipinski definition) is 0. The standard InChI is InChI=1S/C16H19NO4/c1-19-14-8-11(9-15(20-2)16(14)21-3)12-6-4-5-7-13(12)17-10-18/h4,6,8-9,12-13H,5,7H2,1-3H3/t12-,13+/m0/s1. The summed E-state index contributed by atoms with van der Waals surface area (Å²) in [6, 6.07) is 3.69. The summed E-state index contributed by atoms with van der Waals surface area (Å²) in [6.45, 7) is 0. The fourth-order valence-electron chi connectivity index (χ4n) is 2.66. The van der Waals surface area contributed by atoms with Crippen molar-refractivity contribution in [3.05, 3.63) is 29.8 Å². The van der Waals surface area contributed by atoms with Gasteiger partial charge in [-0.1, -0.05) is 12.2 Å². The lowest BCUT2D eigenvalue weighted by atomic mass is 9.85. The maximum atomic E-state index is 10.6. The molecule has 0 unspecified atom stereocenters. The van der Waals surface area contributed by atoms with Crippen LogP contribution in [0.15, 0.2) is 29.3 Å². The highest BCUT2D eigenvalue weighted by Gasteiger charge is 2.25. The molecule has 0 bridgehead atoms. The van der Waals surface area contributed by atoms with E-state index in [2.05, 4.69) is 17.1 Å². The minimum Gasteiger partial charge on any atom is -0.493 e. The number of aliphatic imine (C=N–C) groups is 1. The molecule has 2 rings (SSSR count). The van der Waals surface area contributed by atoms with Crippen molar-refractivity contribution in [1.82, 2.24) is 0 Å². The van der Waals surface area contributed by atoms with Crippen LogP contribution >= 0.6 is 0 Å². The molecule has 21 heavy (non-hydrogen) atoms. The minimum absolute atomic E-state index is 0.00825. The van der Waals surface area contributed by atoms with Crippen LogP contribution in [0.3, 0.4) is 0 Å². The van der Waals surface area contributed by atoms with Gasteiger partial charge in [-0.25, -0.2) is 9.79 Å². The van der Waals surface area contributed by atoms with Gasteiger partial charge in [0, 0.05) is 5.92 Å². The first-order chi connectivity index (χ1) is 10.2. The lowest BCUT2D eigenvalue weighted by Crippen LogP contribution is -2.18. The Morgan fingerprint density at radius 1 is 1.14 bits per heavy atom. The minimum atomic E-state index is -0.102. The van der Waals surface area contributed by atoms with Crippen molar-refractivity contribution in [2.45, 2.75) is 24.8 Å². The molecule has 1 aromatic rings. The monoisotopic (exact) mass is 289 g/mol. The predicted molar refractivity (Wildman–Crippen MR) is 79.1 cm³/mol. The van der Waals surface area contributed by atoms with Crippen molar-refractivity contribution in [2.75, 3.05) is 21.3 Å². The highest BCUT2D eigenvalue weighted by atomic mass is 16.5. The van der Waals surface area contributed by atoms with Gasteiger partial charge in [-0.3, -0.25) is 0 Å². The number of allylic oxidation sites excluding steroid dienone is 1. The van der Waals surface area contributed by atoms with Gasteiger partial charge in [0.25, 0.3) is 0 Å². The molecule has 0 fully saturated rings. The maximum absolute atomic E-state index is 10.6. The second kappa shape index (κ2) is 6.95. The summed E-state index contributed by atoms with van der Waals surface area (Å²) in [6.07, 6.45) is 7.58. The summed E-state index contributed by atoms with van der Waals surface area (Å²) >= 11 is 0. The van der Waals surface area contributed by atoms with Gasteiger partial charge in [-0.15, -0.1) is 0 Å². The molecule has 0 N–H and O–H groups in total. The zero-order valence-electron chi connectivity index (χ0n) is 12.5. The highest BCUT2D eigenvalue weighted by Crippen LogP contribution is 2.42. The van der Waals surface area contributed by atoms with Crippen LogP contribution < -0.4 is 14.2 Å². The van der Waals surface area contributed by atoms with Gasteiger partial charge in [-0.2, -0.15) is 0 Å². The van der Waals surface area contributed by atoms with Crippen LogP contribution in [-0.2, 0) is 4.79 Å². The van der Waals surface area contributed by atoms with Crippen LogP contribution in [0.4, 0.5) is 0 Å². The smallest absolute Gasteiger partial charge is 0.235 e. The fraction of sp³-hybridized carbons (Fsp3) is 0.438. The average molecular weight is 289 g/mol. The summed E-state index contributed by atoms with van der Waals surface area (Å²) in [5.74, 6) is 1.76. The molecule has 2 atom stereocenters. The fourth-order valence-corrected chi connectivity index (χ4v) is 2.66. The Balaban J connectivity index is 2.49. The van der Waals surface area contributed by atoms with Gasteiger partial charge < -0.3 is 14.2 Å². The largest absolute Gasteiger partial charge is 0.493 e. The summed E-state index contributed by atoms with van der Waals surface area (Å²) in [5, 5.41) is 0. The van der Waals surface area contributed by atoms with Gasteiger partial charge in [0.15, 0.2) is 11.5 Å². The molecule has 5 nitrogen and oxygen atoms in total. The quantitative estimate of drug-likeness (QED) is 0.475. The molecular weight excluding hydrogens is 270 g/mol. The number of ether oxygens (including phenoxy) is 3. The molecule has 0 amide bonds. The molecule has 0 spiro atoms. The third-order valence-electron chi connectivity index (χ3n) is 3.68. The van der Waals surface area contributed by atoms with Crippen molar-refractivity contribution >= 4 is 6.08 Å². The van der Waals surface area contributed by atoms with E-state index in [1.165, 1.54) is 0 Å². The van der Waals surface area contributed by atoms with Crippen molar-refractivity contribution in [2.24, 2.45) is 4.99 Å². The second-order valence-corrected chi connectivity index (χ2v) is 4.78. The Hall–Kier alpha value is -2.26. The molecule has 1 aliphatic carbocycles. The van der Waals surface area contributed by atoms with Gasteiger partial charge in [0.1, 0.15) is 0 Å². The first-order valence-electron chi connectivity index (χ1n) is 6.78. The van der Waals surface area contributed by atoms with E-state index in [0.717, 1.165) is 18.4 Å². The normalized spacial score (nSPS) is 20.5. The number of nitrogens with zero attached hydrogens (tertiary/aromatic N) is 1. The van der Waals surface area contributed by atoms with Crippen molar-refractivity contribution in [3.8, 4) is 17.2 Å². The highest BCUT2D eigenvalue weighted by molar-refractivity contribution is 5.55. The van der Waals surface area contributed by atoms with Crippen LogP contribution in [0.1, 0.15) is 24.3 Å². The molecule has 0 aromatic heterocycles.